The van der Waals surface area contributed by atoms with E-state index >= 15 is 0 Å². The number of benzene rings is 1. The highest BCUT2D eigenvalue weighted by Crippen LogP contribution is 2.38. The minimum absolute atomic E-state index is 0.117. The predicted molar refractivity (Wildman–Crippen MR) is 122 cm³/mol. The Hall–Kier alpha value is -3.81. The molecular formula is C25H28N2O6. The molecule has 0 spiro atoms. The number of ether oxygens (including phenoxy) is 3. The highest BCUT2D eigenvalue weighted by molar-refractivity contribution is 5.99. The number of nitrogens with zero attached hydrogens (tertiary/aromatic N) is 1. The summed E-state index contributed by atoms with van der Waals surface area (Å²) in [5.41, 5.74) is 2.38. The van der Waals surface area contributed by atoms with Gasteiger partial charge in [-0.1, -0.05) is 24.3 Å². The lowest BCUT2D eigenvalue weighted by Crippen LogP contribution is -2.39. The van der Waals surface area contributed by atoms with Crippen molar-refractivity contribution in [3.63, 3.8) is 0 Å². The van der Waals surface area contributed by atoms with Gasteiger partial charge in [-0.15, -0.1) is 0 Å². The first-order chi connectivity index (χ1) is 15.7. The van der Waals surface area contributed by atoms with E-state index in [0.717, 1.165) is 0 Å². The number of amides is 1. The van der Waals surface area contributed by atoms with Crippen LogP contribution in [0.4, 0.5) is 4.79 Å². The van der Waals surface area contributed by atoms with E-state index in [1.54, 1.807) is 70.3 Å². The summed E-state index contributed by atoms with van der Waals surface area (Å²) < 4.78 is 15.9. The predicted octanol–water partition coefficient (Wildman–Crippen LogP) is 3.83. The Morgan fingerprint density at radius 1 is 1.03 bits per heavy atom. The highest BCUT2D eigenvalue weighted by Gasteiger charge is 2.40. The molecule has 33 heavy (non-hydrogen) atoms. The first-order valence-corrected chi connectivity index (χ1v) is 10.6. The topological polar surface area (TPSA) is 94.2 Å². The van der Waals surface area contributed by atoms with Crippen molar-refractivity contribution >= 4 is 18.0 Å². The largest absolute Gasteiger partial charge is 0.466 e. The Labute approximate surface area is 193 Å². The Kier molecular flexibility index (Phi) is 7.37. The van der Waals surface area contributed by atoms with Gasteiger partial charge < -0.3 is 19.5 Å². The smallest absolute Gasteiger partial charge is 0.419 e. The molecule has 0 radical (unpaired) electrons. The molecule has 1 aromatic carbocycles. The lowest BCUT2D eigenvalue weighted by atomic mass is 9.79. The summed E-state index contributed by atoms with van der Waals surface area (Å²) in [5.74, 6) is -1.44. The molecule has 1 N–H and O–H groups in total. The molecule has 2 aliphatic heterocycles. The molecule has 2 heterocycles. The number of hydrogen-bond donors (Lipinski definition) is 1. The normalized spacial score (nSPS) is 18.1. The van der Waals surface area contributed by atoms with Crippen molar-refractivity contribution in [3.05, 3.63) is 76.8 Å². The van der Waals surface area contributed by atoms with Crippen molar-refractivity contribution in [2.45, 2.75) is 33.8 Å². The molecule has 0 saturated heterocycles. The van der Waals surface area contributed by atoms with Crippen LogP contribution in [0.25, 0.3) is 0 Å². The minimum atomic E-state index is -0.748. The van der Waals surface area contributed by atoms with Crippen LogP contribution in [-0.4, -0.2) is 42.7 Å². The van der Waals surface area contributed by atoms with Crippen LogP contribution in [0.3, 0.4) is 0 Å². The van der Waals surface area contributed by atoms with Crippen molar-refractivity contribution in [1.29, 1.82) is 0 Å². The summed E-state index contributed by atoms with van der Waals surface area (Å²) >= 11 is 0. The van der Waals surface area contributed by atoms with E-state index in [-0.39, 0.29) is 18.2 Å². The standard InChI is InChI=1S/C25H28N2O6/c1-15(2)32-24(29)21-17(4)26-16(3)20(23(28)31-5)22(21)18-10-9-13-27(14-18)25(30)33-19-11-7-6-8-12-19/h6-13,15,22,26H,14H2,1-5H3. The number of hydrogen-bond acceptors (Lipinski definition) is 7. The van der Waals surface area contributed by atoms with Crippen LogP contribution < -0.4 is 10.1 Å². The fourth-order valence-corrected chi connectivity index (χ4v) is 3.83. The molecule has 8 nitrogen and oxygen atoms in total. The molecule has 3 rings (SSSR count). The molecule has 174 valence electrons. The van der Waals surface area contributed by atoms with E-state index in [2.05, 4.69) is 5.32 Å². The van der Waals surface area contributed by atoms with E-state index in [0.29, 0.717) is 28.3 Å². The Morgan fingerprint density at radius 3 is 2.27 bits per heavy atom. The number of para-hydroxylation sites is 1. The molecule has 0 aliphatic carbocycles. The zero-order valence-electron chi connectivity index (χ0n) is 19.4. The third-order valence-electron chi connectivity index (χ3n) is 5.21. The molecule has 0 aromatic heterocycles. The number of rotatable bonds is 5. The molecule has 1 aromatic rings. The second-order valence-corrected chi connectivity index (χ2v) is 7.97. The van der Waals surface area contributed by atoms with Gasteiger partial charge in [0.05, 0.1) is 30.9 Å². The van der Waals surface area contributed by atoms with Gasteiger partial charge >= 0.3 is 18.0 Å². The summed E-state index contributed by atoms with van der Waals surface area (Å²) in [5, 5.41) is 3.09. The second-order valence-electron chi connectivity index (χ2n) is 7.97. The van der Waals surface area contributed by atoms with Gasteiger partial charge in [-0.25, -0.2) is 14.4 Å². The second kappa shape index (κ2) is 10.2. The van der Waals surface area contributed by atoms with Gasteiger partial charge in [-0.05, 0) is 51.5 Å². The lowest BCUT2D eigenvalue weighted by molar-refractivity contribution is -0.143. The minimum Gasteiger partial charge on any atom is -0.466 e. The molecule has 1 atom stereocenters. The zero-order valence-corrected chi connectivity index (χ0v) is 19.4. The van der Waals surface area contributed by atoms with Crippen molar-refractivity contribution in [2.75, 3.05) is 13.7 Å². The first kappa shape index (κ1) is 23.8. The number of esters is 2. The number of carbonyl (C=O) groups excluding carboxylic acids is 3. The van der Waals surface area contributed by atoms with Crippen LogP contribution in [0.1, 0.15) is 27.7 Å². The molecule has 0 fully saturated rings. The zero-order chi connectivity index (χ0) is 24.1. The van der Waals surface area contributed by atoms with Gasteiger partial charge in [0.25, 0.3) is 0 Å². The monoisotopic (exact) mass is 452 g/mol. The summed E-state index contributed by atoms with van der Waals surface area (Å²) in [7, 11) is 1.29. The SMILES string of the molecule is COC(=O)C1=C(C)NC(C)=C(C(=O)OC(C)C)C1C1=CC=CN(C(=O)Oc2ccccc2)C1. The maximum absolute atomic E-state index is 13.0. The van der Waals surface area contributed by atoms with Crippen LogP contribution in [0, 0.1) is 5.92 Å². The first-order valence-electron chi connectivity index (χ1n) is 10.6. The average Bonchev–Trinajstić information content (AvgIpc) is 2.78. The van der Waals surface area contributed by atoms with Gasteiger partial charge in [0.15, 0.2) is 0 Å². The van der Waals surface area contributed by atoms with E-state index < -0.39 is 23.9 Å². The summed E-state index contributed by atoms with van der Waals surface area (Å²) in [6.07, 6.45) is 4.13. The lowest BCUT2D eigenvalue weighted by Gasteiger charge is -2.34. The van der Waals surface area contributed by atoms with Gasteiger partial charge in [0.1, 0.15) is 5.75 Å². The molecular weight excluding hydrogens is 424 g/mol. The van der Waals surface area contributed by atoms with Crippen LogP contribution >= 0.6 is 0 Å². The Bertz CT molecular complexity index is 1070. The molecule has 0 saturated carbocycles. The van der Waals surface area contributed by atoms with Crippen molar-refractivity contribution in [1.82, 2.24) is 10.2 Å². The Morgan fingerprint density at radius 2 is 1.67 bits per heavy atom. The molecule has 8 heteroatoms. The van der Waals surface area contributed by atoms with Gasteiger partial charge in [-0.2, -0.15) is 0 Å². The molecule has 0 bridgehead atoms. The molecule has 1 unspecified atom stereocenters. The summed E-state index contributed by atoms with van der Waals surface area (Å²) in [6.45, 7) is 7.12. The fourth-order valence-electron chi connectivity index (χ4n) is 3.83. The molecule has 2 aliphatic rings. The van der Waals surface area contributed by atoms with Crippen molar-refractivity contribution < 1.29 is 28.6 Å². The van der Waals surface area contributed by atoms with E-state index in [1.165, 1.54) is 12.0 Å². The number of allylic oxidation sites excluding steroid dienone is 4. The third-order valence-corrected chi connectivity index (χ3v) is 5.21. The van der Waals surface area contributed by atoms with Crippen LogP contribution in [-0.2, 0) is 19.1 Å². The van der Waals surface area contributed by atoms with Crippen LogP contribution in [0.5, 0.6) is 5.75 Å². The quantitative estimate of drug-likeness (QED) is 0.679. The van der Waals surface area contributed by atoms with E-state index in [1.807, 2.05) is 6.07 Å². The number of dihydropyridines is 1. The van der Waals surface area contributed by atoms with Crippen LogP contribution in [0.2, 0.25) is 0 Å². The summed E-state index contributed by atoms with van der Waals surface area (Å²) in [4.78, 5) is 39.9. The Balaban J connectivity index is 1.95. The van der Waals surface area contributed by atoms with Gasteiger partial charge in [0, 0.05) is 23.5 Å². The number of nitrogens with one attached hydrogen (secondary N) is 1. The van der Waals surface area contributed by atoms with Gasteiger partial charge in [-0.3, -0.25) is 4.90 Å². The number of methoxy groups -OCH3 is 1. The molecule has 1 amide bonds. The van der Waals surface area contributed by atoms with Gasteiger partial charge in [0.2, 0.25) is 0 Å². The summed E-state index contributed by atoms with van der Waals surface area (Å²) in [6, 6.07) is 8.73. The fraction of sp³-hybridized carbons (Fsp3) is 0.320. The highest BCUT2D eigenvalue weighted by atomic mass is 16.6. The average molecular weight is 453 g/mol. The van der Waals surface area contributed by atoms with Crippen LogP contribution in [0.15, 0.2) is 76.8 Å². The van der Waals surface area contributed by atoms with Crippen molar-refractivity contribution in [3.8, 4) is 5.75 Å². The van der Waals surface area contributed by atoms with Crippen molar-refractivity contribution in [2.24, 2.45) is 5.92 Å². The third kappa shape index (κ3) is 5.34. The van der Waals surface area contributed by atoms with E-state index in [4.69, 9.17) is 14.2 Å². The number of carbonyl (C=O) groups is 3. The maximum atomic E-state index is 13.0. The maximum Gasteiger partial charge on any atom is 0.419 e. The van der Waals surface area contributed by atoms with E-state index in [9.17, 15) is 14.4 Å².